The van der Waals surface area contributed by atoms with Gasteiger partial charge in [0.15, 0.2) is 0 Å². The molecule has 1 aliphatic heterocycles. The number of carbonyl (C=O) groups is 2. The maximum Gasteiger partial charge on any atom is 0.255 e. The Hall–Kier alpha value is -3.57. The number of piperidine rings is 1. The number of benzene rings is 2. The lowest BCUT2D eigenvalue weighted by atomic mass is 10.1. The van der Waals surface area contributed by atoms with Crippen LogP contribution in [0.5, 0.6) is 5.75 Å². The highest BCUT2D eigenvalue weighted by Crippen LogP contribution is 2.27. The summed E-state index contributed by atoms with van der Waals surface area (Å²) in [6.07, 6.45) is 2.75. The Morgan fingerprint density at radius 3 is 2.70 bits per heavy atom. The predicted molar refractivity (Wildman–Crippen MR) is 129 cm³/mol. The van der Waals surface area contributed by atoms with Crippen molar-refractivity contribution in [1.29, 1.82) is 0 Å². The number of ether oxygens (including phenoxy) is 1. The van der Waals surface area contributed by atoms with Gasteiger partial charge in [0.05, 0.1) is 12.2 Å². The topological polar surface area (TPSA) is 87.7 Å². The standard InChI is InChI=1S/C26H31N3O4/c1-4-33-24-12-11-20(28-25(31)18(2)3)15-23(24)26(32)27-16-19-8-7-10-21(14-19)29-13-6-5-9-22(29)17-30/h7-8,10-12,14-15,18H,4-6,9,13,16H2,1-3H3,(H,27,32)(H,28,31). The van der Waals surface area contributed by atoms with E-state index >= 15 is 0 Å². The summed E-state index contributed by atoms with van der Waals surface area (Å²) in [4.78, 5) is 38.4. The third-order valence-electron chi connectivity index (χ3n) is 5.48. The molecule has 2 N–H and O–H groups in total. The van der Waals surface area contributed by atoms with E-state index in [2.05, 4.69) is 16.6 Å². The first-order valence-corrected chi connectivity index (χ1v) is 11.4. The molecule has 1 aliphatic rings. The minimum absolute atomic E-state index is 0.121. The van der Waals surface area contributed by atoms with Crippen molar-refractivity contribution < 1.29 is 19.1 Å². The number of rotatable bonds is 8. The fraction of sp³-hybridized carbons (Fsp3) is 0.385. The molecule has 0 atom stereocenters. The first kappa shape index (κ1) is 24.1. The van der Waals surface area contributed by atoms with Crippen LogP contribution in [0.25, 0.3) is 0 Å². The third-order valence-corrected chi connectivity index (χ3v) is 5.48. The lowest BCUT2D eigenvalue weighted by molar-refractivity contribution is -0.118. The number of hydrogen-bond donors (Lipinski definition) is 2. The molecule has 1 saturated heterocycles. The van der Waals surface area contributed by atoms with E-state index in [1.54, 1.807) is 18.2 Å². The Morgan fingerprint density at radius 2 is 1.97 bits per heavy atom. The number of allylic oxidation sites excluding steroid dienone is 1. The molecule has 0 aliphatic carbocycles. The number of amides is 2. The van der Waals surface area contributed by atoms with Crippen LogP contribution in [-0.4, -0.2) is 30.9 Å². The number of hydrogen-bond acceptors (Lipinski definition) is 5. The Kier molecular flexibility index (Phi) is 8.28. The van der Waals surface area contributed by atoms with E-state index in [9.17, 15) is 14.4 Å². The van der Waals surface area contributed by atoms with Crippen LogP contribution in [0.3, 0.4) is 0 Å². The molecule has 3 rings (SSSR count). The molecule has 2 aromatic carbocycles. The summed E-state index contributed by atoms with van der Waals surface area (Å²) in [5, 5.41) is 5.76. The molecule has 2 aromatic rings. The molecule has 2 amide bonds. The molecule has 0 spiro atoms. The van der Waals surface area contributed by atoms with E-state index in [1.165, 1.54) is 0 Å². The van der Waals surface area contributed by atoms with E-state index in [0.29, 0.717) is 35.8 Å². The average molecular weight is 450 g/mol. The van der Waals surface area contributed by atoms with E-state index in [4.69, 9.17) is 4.74 Å². The third kappa shape index (κ3) is 6.24. The molecule has 0 bridgehead atoms. The Labute approximate surface area is 194 Å². The van der Waals surface area contributed by atoms with Gasteiger partial charge >= 0.3 is 0 Å². The molecule has 7 nitrogen and oxygen atoms in total. The van der Waals surface area contributed by atoms with Crippen molar-refractivity contribution >= 4 is 29.1 Å². The van der Waals surface area contributed by atoms with Crippen LogP contribution in [-0.2, 0) is 16.1 Å². The summed E-state index contributed by atoms with van der Waals surface area (Å²) >= 11 is 0. The first-order chi connectivity index (χ1) is 15.9. The van der Waals surface area contributed by atoms with Crippen LogP contribution in [0.15, 0.2) is 48.2 Å². The second-order valence-corrected chi connectivity index (χ2v) is 8.30. The van der Waals surface area contributed by atoms with Crippen LogP contribution < -0.4 is 20.3 Å². The SMILES string of the molecule is CCOc1ccc(NC(=O)C(C)C)cc1C(=O)NCc1cccc(N2CCCCC2=C=O)c1. The molecular formula is C26H31N3O4. The largest absolute Gasteiger partial charge is 0.493 e. The van der Waals surface area contributed by atoms with E-state index in [-0.39, 0.29) is 17.7 Å². The molecule has 174 valence electrons. The highest BCUT2D eigenvalue weighted by atomic mass is 16.5. The van der Waals surface area contributed by atoms with Gasteiger partial charge in [-0.3, -0.25) is 9.59 Å². The number of nitrogens with zero attached hydrogens (tertiary/aromatic N) is 1. The van der Waals surface area contributed by atoms with Crippen molar-refractivity contribution in [3.8, 4) is 5.75 Å². The monoisotopic (exact) mass is 449 g/mol. The van der Waals surface area contributed by atoms with Gasteiger partial charge < -0.3 is 20.3 Å². The smallest absolute Gasteiger partial charge is 0.255 e. The number of carbonyl (C=O) groups excluding carboxylic acids is 3. The van der Waals surface area contributed by atoms with Gasteiger partial charge in [-0.15, -0.1) is 0 Å². The van der Waals surface area contributed by atoms with Crippen LogP contribution in [0, 0.1) is 5.92 Å². The molecule has 0 radical (unpaired) electrons. The normalized spacial score (nSPS) is 13.5. The second kappa shape index (κ2) is 11.3. The average Bonchev–Trinajstić information content (AvgIpc) is 2.83. The Bertz CT molecular complexity index is 1060. The van der Waals surface area contributed by atoms with Gasteiger partial charge in [-0.05, 0) is 62.1 Å². The van der Waals surface area contributed by atoms with Gasteiger partial charge in [-0.2, -0.15) is 0 Å². The molecule has 7 heteroatoms. The number of anilines is 2. The lowest BCUT2D eigenvalue weighted by Crippen LogP contribution is -2.28. The maximum absolute atomic E-state index is 13.0. The van der Waals surface area contributed by atoms with E-state index in [0.717, 1.165) is 37.1 Å². The van der Waals surface area contributed by atoms with Crippen molar-refractivity contribution in [3.63, 3.8) is 0 Å². The summed E-state index contributed by atoms with van der Waals surface area (Å²) < 4.78 is 5.62. The van der Waals surface area contributed by atoms with Gasteiger partial charge in [-0.1, -0.05) is 26.0 Å². The predicted octanol–water partition coefficient (Wildman–Crippen LogP) is 4.32. The van der Waals surface area contributed by atoms with Gasteiger partial charge in [0.1, 0.15) is 17.4 Å². The number of nitrogens with one attached hydrogen (secondary N) is 2. The Balaban J connectivity index is 1.74. The fourth-order valence-electron chi connectivity index (χ4n) is 3.69. The summed E-state index contributed by atoms with van der Waals surface area (Å²) in [7, 11) is 0. The van der Waals surface area contributed by atoms with E-state index in [1.807, 2.05) is 49.9 Å². The molecule has 33 heavy (non-hydrogen) atoms. The van der Waals surface area contributed by atoms with Crippen LogP contribution in [0.2, 0.25) is 0 Å². The van der Waals surface area contributed by atoms with Crippen LogP contribution in [0.4, 0.5) is 11.4 Å². The molecular weight excluding hydrogens is 418 g/mol. The minimum atomic E-state index is -0.295. The van der Waals surface area contributed by atoms with Crippen molar-refractivity contribution in [1.82, 2.24) is 5.32 Å². The summed E-state index contributed by atoms with van der Waals surface area (Å²) in [6.45, 7) is 6.99. The second-order valence-electron chi connectivity index (χ2n) is 8.30. The zero-order valence-electron chi connectivity index (χ0n) is 19.4. The van der Waals surface area contributed by atoms with Gasteiger partial charge in [-0.25, -0.2) is 4.79 Å². The van der Waals surface area contributed by atoms with Gasteiger partial charge in [0.25, 0.3) is 5.91 Å². The lowest BCUT2D eigenvalue weighted by Gasteiger charge is -2.29. The van der Waals surface area contributed by atoms with Gasteiger partial charge in [0.2, 0.25) is 5.91 Å². The van der Waals surface area contributed by atoms with Gasteiger partial charge in [0, 0.05) is 30.4 Å². The zero-order valence-corrected chi connectivity index (χ0v) is 19.4. The molecule has 0 aromatic heterocycles. The molecule has 1 heterocycles. The van der Waals surface area contributed by atoms with Crippen molar-refractivity contribution in [2.24, 2.45) is 5.92 Å². The van der Waals surface area contributed by atoms with Crippen LogP contribution in [0.1, 0.15) is 56.0 Å². The van der Waals surface area contributed by atoms with Crippen molar-refractivity contribution in [3.05, 3.63) is 59.3 Å². The fourth-order valence-corrected chi connectivity index (χ4v) is 3.69. The zero-order chi connectivity index (χ0) is 23.8. The van der Waals surface area contributed by atoms with Crippen molar-refractivity contribution in [2.45, 2.75) is 46.6 Å². The van der Waals surface area contributed by atoms with Crippen LogP contribution >= 0.6 is 0 Å². The first-order valence-electron chi connectivity index (χ1n) is 11.4. The quantitative estimate of drug-likeness (QED) is 0.586. The summed E-state index contributed by atoms with van der Waals surface area (Å²) in [5.74, 6) is 1.94. The maximum atomic E-state index is 13.0. The van der Waals surface area contributed by atoms with Crippen molar-refractivity contribution in [2.75, 3.05) is 23.4 Å². The highest BCUT2D eigenvalue weighted by Gasteiger charge is 2.19. The summed E-state index contributed by atoms with van der Waals surface area (Å²) in [6, 6.07) is 12.8. The Morgan fingerprint density at radius 1 is 1.15 bits per heavy atom. The molecule has 0 saturated carbocycles. The molecule has 1 fully saturated rings. The van der Waals surface area contributed by atoms with E-state index < -0.39 is 0 Å². The molecule has 0 unspecified atom stereocenters. The minimum Gasteiger partial charge on any atom is -0.493 e. The summed E-state index contributed by atoms with van der Waals surface area (Å²) in [5.41, 5.74) is 3.41. The highest BCUT2D eigenvalue weighted by molar-refractivity contribution is 5.99.